The molecule has 1 aliphatic rings. The van der Waals surface area contributed by atoms with Crippen molar-refractivity contribution in [3.63, 3.8) is 0 Å². The van der Waals surface area contributed by atoms with Gasteiger partial charge in [0, 0.05) is 12.1 Å². The molecule has 1 atom stereocenters. The Labute approximate surface area is 90.1 Å². The van der Waals surface area contributed by atoms with Crippen LogP contribution in [-0.2, 0) is 0 Å². The molecule has 0 heterocycles. The molecule has 86 valence electrons. The molecular weight excluding hydrogens is 172 g/mol. The molecule has 1 saturated carbocycles. The van der Waals surface area contributed by atoms with E-state index in [0.717, 1.165) is 6.04 Å². The first kappa shape index (κ1) is 13.9. The third-order valence-corrected chi connectivity index (χ3v) is 2.63. The van der Waals surface area contributed by atoms with E-state index < -0.39 is 0 Å². The largest absolute Gasteiger partial charge is 0.311 e. The van der Waals surface area contributed by atoms with E-state index in [1.807, 2.05) is 13.8 Å². The highest BCUT2D eigenvalue weighted by molar-refractivity contribution is 4.79. The quantitative estimate of drug-likeness (QED) is 0.733. The Balaban J connectivity index is 0.000000791. The predicted molar refractivity (Wildman–Crippen MR) is 64.8 cm³/mol. The van der Waals surface area contributed by atoms with Gasteiger partial charge in [-0.25, -0.2) is 0 Å². The van der Waals surface area contributed by atoms with Crippen molar-refractivity contribution < 1.29 is 0 Å². The van der Waals surface area contributed by atoms with E-state index in [-0.39, 0.29) is 0 Å². The maximum absolute atomic E-state index is 3.64. The molecule has 2 nitrogen and oxygen atoms in total. The Kier molecular flexibility index (Phi) is 8.20. The minimum Gasteiger partial charge on any atom is -0.311 e. The van der Waals surface area contributed by atoms with Crippen LogP contribution in [0.4, 0.5) is 0 Å². The minimum atomic E-state index is 0.692. The second kappa shape index (κ2) is 8.25. The van der Waals surface area contributed by atoms with Gasteiger partial charge in [0.2, 0.25) is 0 Å². The van der Waals surface area contributed by atoms with E-state index in [9.17, 15) is 0 Å². The second-order valence-corrected chi connectivity index (χ2v) is 4.29. The Bertz CT molecular complexity index is 119. The highest BCUT2D eigenvalue weighted by Gasteiger charge is 2.18. The van der Waals surface area contributed by atoms with Crippen LogP contribution < -0.4 is 5.32 Å². The van der Waals surface area contributed by atoms with Crippen molar-refractivity contribution in [2.45, 2.75) is 58.5 Å². The lowest BCUT2D eigenvalue weighted by Crippen LogP contribution is -2.41. The average molecular weight is 200 g/mol. The summed E-state index contributed by atoms with van der Waals surface area (Å²) in [6.07, 6.45) is 5.49. The lowest BCUT2D eigenvalue weighted by atomic mass is 9.92. The minimum absolute atomic E-state index is 0.692. The number of rotatable bonds is 5. The number of nitrogens with zero attached hydrogens (tertiary/aromatic N) is 1. The third-order valence-electron chi connectivity index (χ3n) is 2.63. The van der Waals surface area contributed by atoms with Gasteiger partial charge in [0.15, 0.2) is 0 Å². The molecule has 14 heavy (non-hydrogen) atoms. The highest BCUT2D eigenvalue weighted by atomic mass is 15.1. The zero-order valence-corrected chi connectivity index (χ0v) is 10.6. The topological polar surface area (TPSA) is 15.3 Å². The van der Waals surface area contributed by atoms with Gasteiger partial charge in [-0.05, 0) is 46.8 Å². The van der Waals surface area contributed by atoms with Crippen molar-refractivity contribution in [1.82, 2.24) is 10.2 Å². The molecule has 0 amide bonds. The fraction of sp³-hybridized carbons (Fsp3) is 1.00. The lowest BCUT2D eigenvalue weighted by molar-refractivity contribution is 0.287. The predicted octanol–water partition coefficient (Wildman–Crippen LogP) is 2.49. The lowest BCUT2D eigenvalue weighted by Gasteiger charge is -2.30. The molecule has 1 aliphatic carbocycles. The molecule has 1 rings (SSSR count). The summed E-state index contributed by atoms with van der Waals surface area (Å²) >= 11 is 0. The van der Waals surface area contributed by atoms with Crippen LogP contribution in [0, 0.1) is 0 Å². The average Bonchev–Trinajstić information content (AvgIpc) is 2.11. The fourth-order valence-corrected chi connectivity index (χ4v) is 1.51. The SMILES string of the molecule is CC.CC(CCN(C)C)NC1CCC1. The maximum Gasteiger partial charge on any atom is 0.00695 e. The third kappa shape index (κ3) is 6.39. The molecule has 1 fully saturated rings. The van der Waals surface area contributed by atoms with Crippen molar-refractivity contribution in [3.05, 3.63) is 0 Å². The summed E-state index contributed by atoms with van der Waals surface area (Å²) in [5.74, 6) is 0. The van der Waals surface area contributed by atoms with Crippen LogP contribution in [0.1, 0.15) is 46.5 Å². The molecule has 0 radical (unpaired) electrons. The van der Waals surface area contributed by atoms with Crippen LogP contribution in [0.15, 0.2) is 0 Å². The molecule has 0 aromatic heterocycles. The molecule has 0 spiro atoms. The summed E-state index contributed by atoms with van der Waals surface area (Å²) in [5.41, 5.74) is 0. The van der Waals surface area contributed by atoms with Gasteiger partial charge in [-0.2, -0.15) is 0 Å². The first-order chi connectivity index (χ1) is 6.68. The van der Waals surface area contributed by atoms with Crippen LogP contribution in [-0.4, -0.2) is 37.6 Å². The van der Waals surface area contributed by atoms with E-state index >= 15 is 0 Å². The Morgan fingerprint density at radius 3 is 2.21 bits per heavy atom. The van der Waals surface area contributed by atoms with E-state index in [1.54, 1.807) is 0 Å². The van der Waals surface area contributed by atoms with E-state index in [2.05, 4.69) is 31.2 Å². The van der Waals surface area contributed by atoms with Gasteiger partial charge in [-0.3, -0.25) is 0 Å². The normalized spacial score (nSPS) is 18.4. The van der Waals surface area contributed by atoms with Crippen LogP contribution in [0.3, 0.4) is 0 Å². The number of hydrogen-bond acceptors (Lipinski definition) is 2. The summed E-state index contributed by atoms with van der Waals surface area (Å²) in [7, 11) is 4.27. The Hall–Kier alpha value is -0.0800. The van der Waals surface area contributed by atoms with Crippen LogP contribution in [0.25, 0.3) is 0 Å². The molecule has 2 heteroatoms. The summed E-state index contributed by atoms with van der Waals surface area (Å²) in [6, 6.07) is 1.53. The molecule has 0 saturated heterocycles. The zero-order chi connectivity index (χ0) is 11.0. The van der Waals surface area contributed by atoms with E-state index in [1.165, 1.54) is 32.2 Å². The first-order valence-corrected chi connectivity index (χ1v) is 6.09. The molecular formula is C12H28N2. The smallest absolute Gasteiger partial charge is 0.00695 e. The molecule has 0 aromatic carbocycles. The molecule has 0 bridgehead atoms. The van der Waals surface area contributed by atoms with E-state index in [0.29, 0.717) is 6.04 Å². The van der Waals surface area contributed by atoms with Crippen LogP contribution in [0.2, 0.25) is 0 Å². The van der Waals surface area contributed by atoms with Gasteiger partial charge < -0.3 is 10.2 Å². The molecule has 0 aliphatic heterocycles. The second-order valence-electron chi connectivity index (χ2n) is 4.29. The van der Waals surface area contributed by atoms with Crippen molar-refractivity contribution in [2.24, 2.45) is 0 Å². The molecule has 1 N–H and O–H groups in total. The fourth-order valence-electron chi connectivity index (χ4n) is 1.51. The van der Waals surface area contributed by atoms with Crippen molar-refractivity contribution >= 4 is 0 Å². The van der Waals surface area contributed by atoms with Crippen molar-refractivity contribution in [2.75, 3.05) is 20.6 Å². The summed E-state index contributed by atoms with van der Waals surface area (Å²) < 4.78 is 0. The number of nitrogens with one attached hydrogen (secondary N) is 1. The summed E-state index contributed by atoms with van der Waals surface area (Å²) in [6.45, 7) is 7.49. The summed E-state index contributed by atoms with van der Waals surface area (Å²) in [4.78, 5) is 2.25. The summed E-state index contributed by atoms with van der Waals surface area (Å²) in [5, 5.41) is 3.64. The first-order valence-electron chi connectivity index (χ1n) is 6.09. The van der Waals surface area contributed by atoms with Gasteiger partial charge in [0.1, 0.15) is 0 Å². The van der Waals surface area contributed by atoms with Gasteiger partial charge >= 0.3 is 0 Å². The van der Waals surface area contributed by atoms with Crippen molar-refractivity contribution in [1.29, 1.82) is 0 Å². The molecule has 1 unspecified atom stereocenters. The Morgan fingerprint density at radius 2 is 1.86 bits per heavy atom. The van der Waals surface area contributed by atoms with Gasteiger partial charge in [0.25, 0.3) is 0 Å². The van der Waals surface area contributed by atoms with Gasteiger partial charge in [-0.15, -0.1) is 0 Å². The van der Waals surface area contributed by atoms with Crippen LogP contribution in [0.5, 0.6) is 0 Å². The van der Waals surface area contributed by atoms with E-state index in [4.69, 9.17) is 0 Å². The van der Waals surface area contributed by atoms with Crippen LogP contribution >= 0.6 is 0 Å². The standard InChI is InChI=1S/C10H22N2.C2H6/c1-9(7-8-12(2)3)11-10-5-4-6-10;1-2/h9-11H,4-8H2,1-3H3;1-2H3. The molecule has 0 aromatic rings. The number of hydrogen-bond donors (Lipinski definition) is 1. The van der Waals surface area contributed by atoms with Gasteiger partial charge in [-0.1, -0.05) is 20.3 Å². The maximum atomic E-state index is 3.64. The Morgan fingerprint density at radius 1 is 1.29 bits per heavy atom. The highest BCUT2D eigenvalue weighted by Crippen LogP contribution is 2.18. The van der Waals surface area contributed by atoms with Crippen molar-refractivity contribution in [3.8, 4) is 0 Å². The van der Waals surface area contributed by atoms with Gasteiger partial charge in [0.05, 0.1) is 0 Å². The zero-order valence-electron chi connectivity index (χ0n) is 10.6. The monoisotopic (exact) mass is 200 g/mol.